The van der Waals surface area contributed by atoms with Gasteiger partial charge in [0.15, 0.2) is 0 Å². The number of halogens is 6. The molecule has 2 aromatic heterocycles. The number of nitrogens with one attached hydrogen (secondary N) is 1. The van der Waals surface area contributed by atoms with Crippen LogP contribution in [-0.2, 0) is 17.5 Å². The second-order valence-corrected chi connectivity index (χ2v) is 11.1. The van der Waals surface area contributed by atoms with Crippen molar-refractivity contribution < 1.29 is 45.8 Å². The number of anilines is 2. The summed E-state index contributed by atoms with van der Waals surface area (Å²) >= 11 is 0. The highest BCUT2D eigenvalue weighted by Crippen LogP contribution is 2.40. The molecule has 2 saturated heterocycles. The molecule has 5 rings (SSSR count). The van der Waals surface area contributed by atoms with E-state index in [1.165, 1.54) is 35.6 Å². The standard InChI is InChI=1S/C30H30F6N6O4/c1-46-23-5-4-18(11-21(23)29(31,32)33)20-13-38-25(12-19(20)16-42-8-2-3-24(42)30(34,35)36)40-27(43)22-14-39-26(15-37-22)41-9-6-17(7-10-41)28(44)45/h4-5,11-15,17,24H,2-3,6-10,16H2,1H3,(H,44,45)(H,38,40,43)/t24-/m0/s1. The molecule has 2 fully saturated rings. The van der Waals surface area contributed by atoms with Gasteiger partial charge in [-0.05, 0) is 61.6 Å². The molecule has 246 valence electrons. The third kappa shape index (κ3) is 7.32. The third-order valence-corrected chi connectivity index (χ3v) is 8.20. The highest BCUT2D eigenvalue weighted by Gasteiger charge is 2.46. The number of piperidine rings is 1. The number of ether oxygens (including phenoxy) is 1. The number of hydrogen-bond donors (Lipinski definition) is 2. The molecule has 0 bridgehead atoms. The van der Waals surface area contributed by atoms with Gasteiger partial charge in [-0.3, -0.25) is 14.5 Å². The number of methoxy groups -OCH3 is 1. The van der Waals surface area contributed by atoms with Gasteiger partial charge in [0.1, 0.15) is 29.1 Å². The molecule has 0 unspecified atom stereocenters. The van der Waals surface area contributed by atoms with E-state index in [1.807, 2.05) is 4.90 Å². The summed E-state index contributed by atoms with van der Waals surface area (Å²) in [7, 11) is 1.10. The van der Waals surface area contributed by atoms with Crippen molar-refractivity contribution in [2.24, 2.45) is 5.92 Å². The lowest BCUT2D eigenvalue weighted by atomic mass is 9.97. The zero-order chi connectivity index (χ0) is 33.2. The second kappa shape index (κ2) is 13.1. The molecule has 3 aromatic rings. The van der Waals surface area contributed by atoms with E-state index in [4.69, 9.17) is 4.74 Å². The van der Waals surface area contributed by atoms with E-state index in [9.17, 15) is 41.0 Å². The summed E-state index contributed by atoms with van der Waals surface area (Å²) in [4.78, 5) is 39.9. The zero-order valence-electron chi connectivity index (χ0n) is 24.5. The first-order valence-electron chi connectivity index (χ1n) is 14.4. The fraction of sp³-hybridized carbons (Fsp3) is 0.433. The first-order valence-corrected chi connectivity index (χ1v) is 14.4. The van der Waals surface area contributed by atoms with Crippen molar-refractivity contribution >= 4 is 23.5 Å². The van der Waals surface area contributed by atoms with Crippen LogP contribution in [0.3, 0.4) is 0 Å². The normalized spacial score (nSPS) is 18.1. The van der Waals surface area contributed by atoms with E-state index in [1.54, 1.807) is 0 Å². The lowest BCUT2D eigenvalue weighted by Crippen LogP contribution is -2.40. The predicted molar refractivity (Wildman–Crippen MR) is 153 cm³/mol. The molecule has 46 heavy (non-hydrogen) atoms. The number of nitrogens with zero attached hydrogens (tertiary/aromatic N) is 5. The van der Waals surface area contributed by atoms with Crippen LogP contribution in [0.5, 0.6) is 5.75 Å². The Morgan fingerprint density at radius 2 is 1.72 bits per heavy atom. The van der Waals surface area contributed by atoms with Crippen molar-refractivity contribution in [1.82, 2.24) is 19.9 Å². The van der Waals surface area contributed by atoms with Crippen LogP contribution in [0.25, 0.3) is 11.1 Å². The third-order valence-electron chi connectivity index (χ3n) is 8.20. The van der Waals surface area contributed by atoms with Gasteiger partial charge in [0.2, 0.25) is 0 Å². The SMILES string of the molecule is COc1ccc(-c2cnc(NC(=O)c3cnc(N4CCC(C(=O)O)CC4)cn3)cc2CN2CCC[C@H]2C(F)(F)F)cc1C(F)(F)F. The van der Waals surface area contributed by atoms with Crippen LogP contribution >= 0.6 is 0 Å². The maximum absolute atomic E-state index is 13.8. The van der Waals surface area contributed by atoms with Crippen LogP contribution in [0.4, 0.5) is 38.0 Å². The number of pyridine rings is 1. The zero-order valence-corrected chi connectivity index (χ0v) is 24.5. The Labute approximate surface area is 259 Å². The fourth-order valence-corrected chi connectivity index (χ4v) is 5.80. The number of carbonyl (C=O) groups excluding carboxylic acids is 1. The minimum atomic E-state index is -4.76. The van der Waals surface area contributed by atoms with Crippen LogP contribution in [0.1, 0.15) is 47.3 Å². The largest absolute Gasteiger partial charge is 0.496 e. The number of hydrogen-bond acceptors (Lipinski definition) is 8. The number of alkyl halides is 6. The summed E-state index contributed by atoms with van der Waals surface area (Å²) in [5.74, 6) is -1.99. The molecule has 1 aromatic carbocycles. The Balaban J connectivity index is 1.40. The van der Waals surface area contributed by atoms with E-state index in [-0.39, 0.29) is 47.7 Å². The molecule has 10 nitrogen and oxygen atoms in total. The molecule has 0 radical (unpaired) electrons. The maximum Gasteiger partial charge on any atom is 0.419 e. The summed E-state index contributed by atoms with van der Waals surface area (Å²) in [6, 6.07) is 2.95. The highest BCUT2D eigenvalue weighted by atomic mass is 19.4. The monoisotopic (exact) mass is 652 g/mol. The minimum absolute atomic E-state index is 0.0438. The van der Waals surface area contributed by atoms with Crippen LogP contribution in [0.15, 0.2) is 42.9 Å². The number of carboxylic acid groups (broad SMARTS) is 1. The van der Waals surface area contributed by atoms with Gasteiger partial charge in [0.25, 0.3) is 5.91 Å². The minimum Gasteiger partial charge on any atom is -0.496 e. The second-order valence-electron chi connectivity index (χ2n) is 11.1. The van der Waals surface area contributed by atoms with Gasteiger partial charge in [0, 0.05) is 31.4 Å². The number of carbonyl (C=O) groups is 2. The van der Waals surface area contributed by atoms with Gasteiger partial charge in [0.05, 0.1) is 31.0 Å². The number of aliphatic carboxylic acids is 1. The average molecular weight is 653 g/mol. The molecule has 2 aliphatic heterocycles. The number of amides is 1. The molecule has 0 saturated carbocycles. The van der Waals surface area contributed by atoms with E-state index in [2.05, 4.69) is 20.3 Å². The first-order chi connectivity index (χ1) is 21.7. The van der Waals surface area contributed by atoms with E-state index in [0.29, 0.717) is 38.2 Å². The van der Waals surface area contributed by atoms with Crippen LogP contribution < -0.4 is 15.0 Å². The van der Waals surface area contributed by atoms with Crippen LogP contribution in [-0.4, -0.2) is 75.8 Å². The Kier molecular flexibility index (Phi) is 9.37. The average Bonchev–Trinajstić information content (AvgIpc) is 3.50. The topological polar surface area (TPSA) is 121 Å². The number of carboxylic acids is 1. The summed E-state index contributed by atoms with van der Waals surface area (Å²) in [5.41, 5.74) is -0.692. The van der Waals surface area contributed by atoms with E-state index < -0.39 is 47.5 Å². The van der Waals surface area contributed by atoms with Crippen molar-refractivity contribution in [3.63, 3.8) is 0 Å². The lowest BCUT2D eigenvalue weighted by Gasteiger charge is -2.30. The molecule has 1 atom stereocenters. The Hall–Kier alpha value is -4.47. The quantitative estimate of drug-likeness (QED) is 0.298. The molecule has 16 heteroatoms. The van der Waals surface area contributed by atoms with Gasteiger partial charge in [-0.1, -0.05) is 6.07 Å². The molecule has 1 amide bonds. The van der Waals surface area contributed by atoms with Crippen molar-refractivity contribution in [2.45, 2.75) is 50.6 Å². The maximum atomic E-state index is 13.8. The van der Waals surface area contributed by atoms with Crippen molar-refractivity contribution in [3.8, 4) is 16.9 Å². The predicted octanol–water partition coefficient (Wildman–Crippen LogP) is 5.65. The van der Waals surface area contributed by atoms with Gasteiger partial charge in [-0.15, -0.1) is 0 Å². The van der Waals surface area contributed by atoms with E-state index >= 15 is 0 Å². The van der Waals surface area contributed by atoms with Gasteiger partial charge < -0.3 is 20.1 Å². The van der Waals surface area contributed by atoms with Crippen molar-refractivity contribution in [1.29, 1.82) is 0 Å². The molecule has 2 N–H and O–H groups in total. The summed E-state index contributed by atoms with van der Waals surface area (Å²) in [6.45, 7) is 0.785. The summed E-state index contributed by atoms with van der Waals surface area (Å²) in [6.07, 6.45) is -4.37. The molecule has 0 spiro atoms. The molecule has 0 aliphatic carbocycles. The molecule has 4 heterocycles. The number of benzene rings is 1. The Morgan fingerprint density at radius 3 is 2.33 bits per heavy atom. The Bertz CT molecular complexity index is 1580. The number of likely N-dealkylation sites (tertiary alicyclic amines) is 1. The van der Waals surface area contributed by atoms with Crippen LogP contribution in [0, 0.1) is 5.92 Å². The molecular weight excluding hydrogens is 622 g/mol. The summed E-state index contributed by atoms with van der Waals surface area (Å²) in [5, 5.41) is 11.7. The molecular formula is C30H30F6N6O4. The van der Waals surface area contributed by atoms with Crippen molar-refractivity contribution in [3.05, 3.63) is 59.7 Å². The fourth-order valence-electron chi connectivity index (χ4n) is 5.80. The van der Waals surface area contributed by atoms with Crippen LogP contribution in [0.2, 0.25) is 0 Å². The van der Waals surface area contributed by atoms with Gasteiger partial charge in [-0.25, -0.2) is 15.0 Å². The number of aromatic nitrogens is 3. The van der Waals surface area contributed by atoms with E-state index in [0.717, 1.165) is 19.2 Å². The smallest absolute Gasteiger partial charge is 0.419 e. The van der Waals surface area contributed by atoms with Gasteiger partial charge in [-0.2, -0.15) is 26.3 Å². The molecule has 2 aliphatic rings. The van der Waals surface area contributed by atoms with Gasteiger partial charge >= 0.3 is 18.3 Å². The number of rotatable bonds is 8. The highest BCUT2D eigenvalue weighted by molar-refractivity contribution is 6.02. The lowest BCUT2D eigenvalue weighted by molar-refractivity contribution is -0.177. The Morgan fingerprint density at radius 1 is 0.978 bits per heavy atom. The first kappa shape index (κ1) is 32.9. The summed E-state index contributed by atoms with van der Waals surface area (Å²) < 4.78 is 87.4. The van der Waals surface area contributed by atoms with Crippen molar-refractivity contribution in [2.75, 3.05) is 37.0 Å².